The maximum absolute atomic E-state index is 13.1. The number of carbonyl (C=O) groups is 1. The monoisotopic (exact) mass is 750 g/mol. The number of rotatable bonds is 15. The zero-order valence-corrected chi connectivity index (χ0v) is 34.0. The number of aromatic nitrogens is 2. The van der Waals surface area contributed by atoms with Crippen LogP contribution >= 0.6 is 11.8 Å². The Morgan fingerprint density at radius 2 is 1.93 bits per heavy atom. The second kappa shape index (κ2) is 17.8. The molecule has 3 aromatic rings. The van der Waals surface area contributed by atoms with Crippen molar-refractivity contribution in [3.63, 3.8) is 0 Å². The summed E-state index contributed by atoms with van der Waals surface area (Å²) in [6.07, 6.45) is 19.9. The molecule has 2 aliphatic heterocycles. The lowest BCUT2D eigenvalue weighted by atomic mass is 10.0. The van der Waals surface area contributed by atoms with Gasteiger partial charge in [-0.25, -0.2) is 0 Å². The number of carbonyl (C=O) groups excluding carboxylic acids is 1. The molecule has 0 saturated carbocycles. The first kappa shape index (κ1) is 39.9. The van der Waals surface area contributed by atoms with E-state index in [1.165, 1.54) is 26.7 Å². The number of esters is 1. The molecule has 2 unspecified atom stereocenters. The van der Waals surface area contributed by atoms with Crippen molar-refractivity contribution in [2.45, 2.75) is 121 Å². The number of nitrogens with one attached hydrogen (secondary N) is 1. The molecule has 9 heteroatoms. The molecule has 3 atom stereocenters. The molecule has 0 radical (unpaired) electrons. The number of fused-ring (bicyclic) bond motifs is 1. The summed E-state index contributed by atoms with van der Waals surface area (Å²) < 4.78 is 19.7. The second-order valence-corrected chi connectivity index (χ2v) is 18.0. The molecule has 1 aliphatic carbocycles. The average molecular weight is 751 g/mol. The summed E-state index contributed by atoms with van der Waals surface area (Å²) in [7, 11) is 0. The van der Waals surface area contributed by atoms with E-state index in [-0.39, 0.29) is 35.4 Å². The van der Waals surface area contributed by atoms with Gasteiger partial charge in [0.25, 0.3) is 0 Å². The third-order valence-corrected chi connectivity index (χ3v) is 11.1. The summed E-state index contributed by atoms with van der Waals surface area (Å²) in [4.78, 5) is 23.7. The van der Waals surface area contributed by atoms with Crippen LogP contribution in [-0.4, -0.2) is 64.2 Å². The van der Waals surface area contributed by atoms with Gasteiger partial charge in [0, 0.05) is 87.2 Å². The van der Waals surface area contributed by atoms with Crippen LogP contribution in [0.4, 0.5) is 0 Å². The van der Waals surface area contributed by atoms with Crippen LogP contribution in [0, 0.1) is 5.92 Å². The van der Waals surface area contributed by atoms with E-state index in [0.717, 1.165) is 67.7 Å². The highest BCUT2D eigenvalue weighted by Gasteiger charge is 2.33. The smallest absolute Gasteiger partial charge is 0.306 e. The average Bonchev–Trinajstić information content (AvgIpc) is 3.63. The Morgan fingerprint density at radius 3 is 2.59 bits per heavy atom. The molecular weight excluding hydrogens is 693 g/mol. The van der Waals surface area contributed by atoms with Crippen LogP contribution in [0.3, 0.4) is 0 Å². The van der Waals surface area contributed by atoms with Crippen molar-refractivity contribution in [1.29, 1.82) is 0 Å². The fourth-order valence-corrected chi connectivity index (χ4v) is 8.36. The maximum Gasteiger partial charge on any atom is 0.306 e. The lowest BCUT2D eigenvalue weighted by Gasteiger charge is -2.21. The first-order valence-electron chi connectivity index (χ1n) is 19.6. The molecule has 54 heavy (non-hydrogen) atoms. The maximum atomic E-state index is 13.1. The predicted octanol–water partition coefficient (Wildman–Crippen LogP) is 7.54. The number of pyridine rings is 1. The first-order valence-corrected chi connectivity index (χ1v) is 20.4. The van der Waals surface area contributed by atoms with Crippen LogP contribution in [0.5, 0.6) is 0 Å². The Kier molecular flexibility index (Phi) is 13.2. The van der Waals surface area contributed by atoms with Gasteiger partial charge >= 0.3 is 5.97 Å². The van der Waals surface area contributed by atoms with Crippen molar-refractivity contribution in [1.82, 2.24) is 14.9 Å². The molecule has 0 bridgehead atoms. The van der Waals surface area contributed by atoms with Crippen molar-refractivity contribution in [2.24, 2.45) is 10.9 Å². The van der Waals surface area contributed by atoms with Crippen LogP contribution in [0.1, 0.15) is 91.1 Å². The van der Waals surface area contributed by atoms with Gasteiger partial charge in [0.1, 0.15) is 12.7 Å². The van der Waals surface area contributed by atoms with Crippen molar-refractivity contribution in [3.8, 4) is 11.1 Å². The summed E-state index contributed by atoms with van der Waals surface area (Å²) in [5.74, 6) is -0.778. The standard InChI is InChI=1S/C45H58N4O4S/c1-8-9-12-35-19-18-34(26-47-35)33-16-14-32(15-17-33)28-49-40-21-20-36(48-27-37-13-10-11-22-46-37)25-39(40)43(54-44(3,4)5)41(49)23-31(2)24-42(50)51-29-38-30-52-45(6,7)53-38/h8-9,13-19,21-22,25-26,31,36,38,48H,10-12,20,23-24,27-30H2,1-7H3/b9-8+/t31-,36?,38?/m0/s1. The first-order chi connectivity index (χ1) is 25.9. The molecule has 4 heterocycles. The number of hydrogen-bond donors (Lipinski definition) is 1. The summed E-state index contributed by atoms with van der Waals surface area (Å²) in [6.45, 7) is 16.9. The Balaban J connectivity index is 1.28. The SMILES string of the molecule is C/C=C/Cc1ccc(-c2ccc(Cn3c(C[C@H](C)CC(=O)OCC4COC(C)(C)O4)c(SC(C)(C)C)c4c3=CCC(NCC3=CCCC=N3)C=4)cc2)cn1. The number of nitrogens with zero attached hydrogens (tertiary/aromatic N) is 3. The van der Waals surface area contributed by atoms with Gasteiger partial charge < -0.3 is 24.1 Å². The van der Waals surface area contributed by atoms with E-state index < -0.39 is 5.79 Å². The zero-order valence-electron chi connectivity index (χ0n) is 33.2. The molecular formula is C45H58N4O4S. The van der Waals surface area contributed by atoms with Crippen molar-refractivity contribution < 1.29 is 19.0 Å². The van der Waals surface area contributed by atoms with Gasteiger partial charge in [0.2, 0.25) is 0 Å². The Labute approximate surface area is 325 Å². The molecule has 8 nitrogen and oxygen atoms in total. The Hall–Kier alpha value is -3.76. The molecule has 0 amide bonds. The minimum atomic E-state index is -0.644. The van der Waals surface area contributed by atoms with E-state index in [1.54, 1.807) is 0 Å². The van der Waals surface area contributed by atoms with E-state index in [2.05, 4.69) is 114 Å². The topological polar surface area (TPSA) is 87.0 Å². The third kappa shape index (κ3) is 10.9. The van der Waals surface area contributed by atoms with Crippen LogP contribution < -0.4 is 15.9 Å². The molecule has 1 saturated heterocycles. The number of allylic oxidation sites excluding steroid dienone is 3. The number of benzene rings is 1. The van der Waals surface area contributed by atoms with E-state index in [9.17, 15) is 4.79 Å². The van der Waals surface area contributed by atoms with E-state index in [0.29, 0.717) is 13.0 Å². The van der Waals surface area contributed by atoms with Crippen molar-refractivity contribution in [2.75, 3.05) is 19.8 Å². The number of hydrogen-bond acceptors (Lipinski definition) is 8. The number of ether oxygens (including phenoxy) is 3. The number of aliphatic imine (C=N–C) groups is 1. The Morgan fingerprint density at radius 1 is 1.13 bits per heavy atom. The van der Waals surface area contributed by atoms with E-state index >= 15 is 0 Å². The minimum Gasteiger partial charge on any atom is -0.463 e. The summed E-state index contributed by atoms with van der Waals surface area (Å²) in [5, 5.41) is 6.31. The number of thioether (sulfide) groups is 1. The van der Waals surface area contributed by atoms with Gasteiger partial charge in [-0.05, 0) is 69.6 Å². The molecule has 1 N–H and O–H groups in total. The summed E-state index contributed by atoms with van der Waals surface area (Å²) >= 11 is 1.92. The molecule has 3 aliphatic rings. The molecule has 6 rings (SSSR count). The lowest BCUT2D eigenvalue weighted by Crippen LogP contribution is -2.40. The highest BCUT2D eigenvalue weighted by atomic mass is 32.2. The molecule has 0 spiro atoms. The Bertz CT molecular complexity index is 1970. The normalized spacial score (nSPS) is 19.9. The van der Waals surface area contributed by atoms with Gasteiger partial charge in [-0.15, -0.1) is 11.8 Å². The van der Waals surface area contributed by atoms with Crippen LogP contribution in [0.15, 0.2) is 76.4 Å². The van der Waals surface area contributed by atoms with Gasteiger partial charge in [-0.1, -0.05) is 88.4 Å². The third-order valence-electron chi connectivity index (χ3n) is 9.79. The highest BCUT2D eigenvalue weighted by molar-refractivity contribution is 8.00. The lowest BCUT2D eigenvalue weighted by molar-refractivity contribution is -0.158. The molecule has 288 valence electrons. The zero-order chi connectivity index (χ0) is 38.3. The van der Waals surface area contributed by atoms with Crippen molar-refractivity contribution >= 4 is 36.1 Å². The summed E-state index contributed by atoms with van der Waals surface area (Å²) in [6, 6.07) is 13.4. The highest BCUT2D eigenvalue weighted by Crippen LogP contribution is 2.34. The van der Waals surface area contributed by atoms with Crippen LogP contribution in [0.25, 0.3) is 23.3 Å². The largest absolute Gasteiger partial charge is 0.463 e. The van der Waals surface area contributed by atoms with E-state index in [4.69, 9.17) is 14.2 Å². The second-order valence-electron chi connectivity index (χ2n) is 16.2. The van der Waals surface area contributed by atoms with Gasteiger partial charge in [-0.2, -0.15) is 0 Å². The minimum absolute atomic E-state index is 0.0120. The predicted molar refractivity (Wildman–Crippen MR) is 221 cm³/mol. The molecule has 1 aromatic carbocycles. The van der Waals surface area contributed by atoms with Crippen LogP contribution in [0.2, 0.25) is 0 Å². The quantitative estimate of drug-likeness (QED) is 0.0976. The molecule has 2 aromatic heterocycles. The van der Waals surface area contributed by atoms with Crippen molar-refractivity contribution in [3.05, 3.63) is 94.0 Å². The van der Waals surface area contributed by atoms with E-state index in [1.807, 2.05) is 44.9 Å². The summed E-state index contributed by atoms with van der Waals surface area (Å²) in [5.41, 5.74) is 6.94. The van der Waals surface area contributed by atoms with Gasteiger partial charge in [0.15, 0.2) is 5.79 Å². The fourth-order valence-electron chi connectivity index (χ4n) is 7.15. The van der Waals surface area contributed by atoms with Gasteiger partial charge in [0.05, 0.1) is 6.61 Å². The molecule has 1 fully saturated rings. The van der Waals surface area contributed by atoms with Gasteiger partial charge in [-0.3, -0.25) is 14.8 Å². The fraction of sp³-hybridized carbons (Fsp3) is 0.489. The van der Waals surface area contributed by atoms with Crippen LogP contribution in [-0.2, 0) is 38.4 Å².